The van der Waals surface area contributed by atoms with Gasteiger partial charge in [-0.25, -0.2) is 4.39 Å². The normalized spacial score (nSPS) is 17.6. The molecule has 0 saturated carbocycles. The van der Waals surface area contributed by atoms with Crippen molar-refractivity contribution >= 4 is 23.2 Å². The molecule has 2 heterocycles. The molecule has 6 heteroatoms. The number of amides is 2. The molecule has 30 heavy (non-hydrogen) atoms. The highest BCUT2D eigenvalue weighted by molar-refractivity contribution is 5.95. The van der Waals surface area contributed by atoms with Gasteiger partial charge in [0.05, 0.1) is 0 Å². The van der Waals surface area contributed by atoms with Crippen LogP contribution >= 0.6 is 0 Å². The first-order valence-electron chi connectivity index (χ1n) is 10.8. The fourth-order valence-electron chi connectivity index (χ4n) is 4.27. The van der Waals surface area contributed by atoms with Gasteiger partial charge < -0.3 is 15.1 Å². The van der Waals surface area contributed by atoms with Crippen LogP contribution in [0.1, 0.15) is 42.5 Å². The van der Waals surface area contributed by atoms with Crippen LogP contribution in [-0.4, -0.2) is 42.9 Å². The van der Waals surface area contributed by atoms with Crippen LogP contribution in [-0.2, 0) is 4.79 Å². The third-order valence-corrected chi connectivity index (χ3v) is 6.10. The van der Waals surface area contributed by atoms with Crippen molar-refractivity contribution in [3.05, 3.63) is 59.9 Å². The first-order valence-corrected chi connectivity index (χ1v) is 10.8. The summed E-state index contributed by atoms with van der Waals surface area (Å²) in [6, 6.07) is 13.7. The predicted molar refractivity (Wildman–Crippen MR) is 116 cm³/mol. The smallest absolute Gasteiger partial charge is 0.253 e. The summed E-state index contributed by atoms with van der Waals surface area (Å²) in [6.45, 7) is 3.26. The lowest BCUT2D eigenvalue weighted by atomic mass is 9.95. The van der Waals surface area contributed by atoms with E-state index in [9.17, 15) is 14.0 Å². The Morgan fingerprint density at radius 3 is 2.10 bits per heavy atom. The molecular weight excluding hydrogens is 381 g/mol. The SMILES string of the molecule is O=C(Nc1ccc(N2CCCCC2)cc1)C1CCN(C(=O)c2ccc(F)cc2)CC1. The molecule has 1 N–H and O–H groups in total. The van der Waals surface area contributed by atoms with E-state index in [0.717, 1.165) is 18.8 Å². The quantitative estimate of drug-likeness (QED) is 0.819. The summed E-state index contributed by atoms with van der Waals surface area (Å²) >= 11 is 0. The van der Waals surface area contributed by atoms with E-state index >= 15 is 0 Å². The van der Waals surface area contributed by atoms with Crippen LogP contribution in [0, 0.1) is 11.7 Å². The lowest BCUT2D eigenvalue weighted by Gasteiger charge is -2.31. The zero-order chi connectivity index (χ0) is 20.9. The van der Waals surface area contributed by atoms with E-state index in [0.29, 0.717) is 31.5 Å². The average Bonchev–Trinajstić information content (AvgIpc) is 2.80. The van der Waals surface area contributed by atoms with E-state index in [4.69, 9.17) is 0 Å². The van der Waals surface area contributed by atoms with E-state index in [1.54, 1.807) is 4.90 Å². The minimum atomic E-state index is -0.356. The van der Waals surface area contributed by atoms with Gasteiger partial charge in [-0.1, -0.05) is 0 Å². The fraction of sp³-hybridized carbons (Fsp3) is 0.417. The number of carbonyl (C=O) groups is 2. The summed E-state index contributed by atoms with van der Waals surface area (Å²) in [6.07, 6.45) is 5.04. The lowest BCUT2D eigenvalue weighted by molar-refractivity contribution is -0.121. The molecular formula is C24H28FN3O2. The summed E-state index contributed by atoms with van der Waals surface area (Å²) in [7, 11) is 0. The van der Waals surface area contributed by atoms with Gasteiger partial charge in [0.1, 0.15) is 5.82 Å². The van der Waals surface area contributed by atoms with Crippen LogP contribution in [0.5, 0.6) is 0 Å². The molecule has 4 rings (SSSR count). The van der Waals surface area contributed by atoms with Crippen LogP contribution in [0.3, 0.4) is 0 Å². The number of hydrogen-bond acceptors (Lipinski definition) is 3. The Hall–Kier alpha value is -2.89. The number of nitrogens with zero attached hydrogens (tertiary/aromatic N) is 2. The predicted octanol–water partition coefficient (Wildman–Crippen LogP) is 4.31. The highest BCUT2D eigenvalue weighted by Crippen LogP contribution is 2.24. The van der Waals surface area contributed by atoms with Crippen molar-refractivity contribution in [2.24, 2.45) is 5.92 Å². The number of carbonyl (C=O) groups excluding carboxylic acids is 2. The summed E-state index contributed by atoms with van der Waals surface area (Å²) in [5.74, 6) is -0.563. The number of halogens is 1. The van der Waals surface area contributed by atoms with E-state index in [2.05, 4.69) is 22.3 Å². The summed E-state index contributed by atoms with van der Waals surface area (Å²) in [5, 5.41) is 3.02. The summed E-state index contributed by atoms with van der Waals surface area (Å²) < 4.78 is 13.1. The number of benzene rings is 2. The van der Waals surface area contributed by atoms with Gasteiger partial charge >= 0.3 is 0 Å². The molecule has 0 aliphatic carbocycles. The van der Waals surface area contributed by atoms with Gasteiger partial charge in [0, 0.05) is 49.0 Å². The van der Waals surface area contributed by atoms with Gasteiger partial charge in [-0.05, 0) is 80.6 Å². The molecule has 2 aliphatic heterocycles. The van der Waals surface area contributed by atoms with Crippen LogP contribution in [0.2, 0.25) is 0 Å². The van der Waals surface area contributed by atoms with Crippen LogP contribution in [0.15, 0.2) is 48.5 Å². The molecule has 2 aliphatic rings. The number of likely N-dealkylation sites (tertiary alicyclic amines) is 1. The molecule has 0 radical (unpaired) electrons. The van der Waals surface area contributed by atoms with Gasteiger partial charge in [-0.15, -0.1) is 0 Å². The average molecular weight is 410 g/mol. The minimum absolute atomic E-state index is 0.00889. The second-order valence-electron chi connectivity index (χ2n) is 8.16. The zero-order valence-electron chi connectivity index (χ0n) is 17.1. The van der Waals surface area contributed by atoms with Crippen molar-refractivity contribution < 1.29 is 14.0 Å². The molecule has 0 unspecified atom stereocenters. The minimum Gasteiger partial charge on any atom is -0.372 e. The summed E-state index contributed by atoms with van der Waals surface area (Å²) in [5.41, 5.74) is 2.50. The highest BCUT2D eigenvalue weighted by Gasteiger charge is 2.28. The molecule has 2 aromatic carbocycles. The third-order valence-electron chi connectivity index (χ3n) is 6.10. The van der Waals surface area contributed by atoms with E-state index in [1.807, 2.05) is 12.1 Å². The molecule has 0 bridgehead atoms. The van der Waals surface area contributed by atoms with Crippen molar-refractivity contribution in [1.29, 1.82) is 0 Å². The Kier molecular flexibility index (Phi) is 6.31. The maximum Gasteiger partial charge on any atom is 0.253 e. The van der Waals surface area contributed by atoms with Crippen LogP contribution < -0.4 is 10.2 Å². The second kappa shape index (κ2) is 9.28. The molecule has 0 atom stereocenters. The third kappa shape index (κ3) is 4.81. The van der Waals surface area contributed by atoms with Gasteiger partial charge in [-0.3, -0.25) is 9.59 Å². The maximum atomic E-state index is 13.1. The number of hydrogen-bond donors (Lipinski definition) is 1. The molecule has 2 saturated heterocycles. The van der Waals surface area contributed by atoms with E-state index in [-0.39, 0.29) is 23.5 Å². The Bertz CT molecular complexity index is 868. The molecule has 0 aromatic heterocycles. The number of anilines is 2. The number of piperidine rings is 2. The van der Waals surface area contributed by atoms with Gasteiger partial charge in [0.25, 0.3) is 5.91 Å². The molecule has 158 valence electrons. The first-order chi connectivity index (χ1) is 14.6. The topological polar surface area (TPSA) is 52.7 Å². The zero-order valence-corrected chi connectivity index (χ0v) is 17.1. The molecule has 2 aromatic rings. The largest absolute Gasteiger partial charge is 0.372 e. The summed E-state index contributed by atoms with van der Waals surface area (Å²) in [4.78, 5) is 29.3. The second-order valence-corrected chi connectivity index (χ2v) is 8.16. The monoisotopic (exact) mass is 409 g/mol. The molecule has 0 spiro atoms. The first kappa shape index (κ1) is 20.4. The van der Waals surface area contributed by atoms with E-state index < -0.39 is 0 Å². The Morgan fingerprint density at radius 2 is 1.47 bits per heavy atom. The van der Waals surface area contributed by atoms with Gasteiger partial charge in [0.15, 0.2) is 0 Å². The van der Waals surface area contributed by atoms with E-state index in [1.165, 1.54) is 49.2 Å². The maximum absolute atomic E-state index is 13.1. The molecule has 5 nitrogen and oxygen atoms in total. The van der Waals surface area contributed by atoms with Gasteiger partial charge in [0.2, 0.25) is 5.91 Å². The lowest BCUT2D eigenvalue weighted by Crippen LogP contribution is -2.41. The Balaban J connectivity index is 1.28. The number of nitrogens with one attached hydrogen (secondary N) is 1. The van der Waals surface area contributed by atoms with Crippen LogP contribution in [0.25, 0.3) is 0 Å². The van der Waals surface area contributed by atoms with Crippen molar-refractivity contribution in [2.75, 3.05) is 36.4 Å². The fourth-order valence-corrected chi connectivity index (χ4v) is 4.27. The Morgan fingerprint density at radius 1 is 0.833 bits per heavy atom. The van der Waals surface area contributed by atoms with Crippen molar-refractivity contribution in [3.63, 3.8) is 0 Å². The molecule has 2 amide bonds. The van der Waals surface area contributed by atoms with Crippen LogP contribution in [0.4, 0.5) is 15.8 Å². The standard InChI is InChI=1S/C24H28FN3O2/c25-20-6-4-19(5-7-20)24(30)28-16-12-18(13-17-28)23(29)26-21-8-10-22(11-9-21)27-14-2-1-3-15-27/h4-11,18H,1-3,12-17H2,(H,26,29). The van der Waals surface area contributed by atoms with Gasteiger partial charge in [-0.2, -0.15) is 0 Å². The van der Waals surface area contributed by atoms with Crippen molar-refractivity contribution in [3.8, 4) is 0 Å². The van der Waals surface area contributed by atoms with Crippen molar-refractivity contribution in [1.82, 2.24) is 4.90 Å². The van der Waals surface area contributed by atoms with Crippen molar-refractivity contribution in [2.45, 2.75) is 32.1 Å². The Labute approximate surface area is 176 Å². The highest BCUT2D eigenvalue weighted by atomic mass is 19.1. The molecule has 2 fully saturated rings. The number of rotatable bonds is 4.